The quantitative estimate of drug-likeness (QED) is 0.568. The first kappa shape index (κ1) is 16.1. The summed E-state index contributed by atoms with van der Waals surface area (Å²) >= 11 is 0. The average molecular weight is 289 g/mol. The SMILES string of the molecule is CCC(NS(=O)(=O)N(C)CCCNC)c1ncc[nH]1. The number of aromatic amines is 1. The van der Waals surface area contributed by atoms with Crippen LogP contribution in [0.3, 0.4) is 0 Å². The molecular formula is C11H23N5O2S. The summed E-state index contributed by atoms with van der Waals surface area (Å²) in [4.78, 5) is 7.03. The lowest BCUT2D eigenvalue weighted by atomic mass is 10.2. The van der Waals surface area contributed by atoms with Crippen LogP contribution < -0.4 is 10.0 Å². The van der Waals surface area contributed by atoms with Gasteiger partial charge in [-0.1, -0.05) is 6.92 Å². The maximum atomic E-state index is 12.1. The topological polar surface area (TPSA) is 90.1 Å². The third-order valence-corrected chi connectivity index (χ3v) is 4.44. The van der Waals surface area contributed by atoms with Gasteiger partial charge in [0, 0.05) is 26.0 Å². The van der Waals surface area contributed by atoms with E-state index in [0.29, 0.717) is 18.8 Å². The van der Waals surface area contributed by atoms with Gasteiger partial charge in [0.05, 0.1) is 6.04 Å². The van der Waals surface area contributed by atoms with E-state index in [4.69, 9.17) is 0 Å². The predicted octanol–water partition coefficient (Wildman–Crippen LogP) is 0.237. The largest absolute Gasteiger partial charge is 0.347 e. The standard InChI is InChI=1S/C11H23N5O2S/c1-4-10(11-13-7-8-14-11)15-19(17,18)16(3)9-5-6-12-2/h7-8,10,12,15H,4-6,9H2,1-3H3,(H,13,14). The molecule has 19 heavy (non-hydrogen) atoms. The van der Waals surface area contributed by atoms with Crippen LogP contribution >= 0.6 is 0 Å². The summed E-state index contributed by atoms with van der Waals surface area (Å²) in [6.45, 7) is 3.18. The molecule has 110 valence electrons. The highest BCUT2D eigenvalue weighted by molar-refractivity contribution is 7.87. The number of hydrogen-bond acceptors (Lipinski definition) is 4. The third kappa shape index (κ3) is 4.90. The Kier molecular flexibility index (Phi) is 6.43. The van der Waals surface area contributed by atoms with Gasteiger partial charge in [0.1, 0.15) is 5.82 Å². The summed E-state index contributed by atoms with van der Waals surface area (Å²) in [7, 11) is -0.0623. The van der Waals surface area contributed by atoms with Gasteiger partial charge in [0.15, 0.2) is 0 Å². The molecule has 8 heteroatoms. The second-order valence-electron chi connectivity index (χ2n) is 4.34. The molecule has 0 radical (unpaired) electrons. The van der Waals surface area contributed by atoms with Crippen LogP contribution in [-0.4, -0.2) is 49.9 Å². The van der Waals surface area contributed by atoms with Crippen molar-refractivity contribution in [2.75, 3.05) is 27.2 Å². The Morgan fingerprint density at radius 1 is 1.53 bits per heavy atom. The van der Waals surface area contributed by atoms with Crippen LogP contribution in [0.15, 0.2) is 12.4 Å². The Morgan fingerprint density at radius 2 is 2.26 bits per heavy atom. The molecule has 1 heterocycles. The van der Waals surface area contributed by atoms with Crippen molar-refractivity contribution in [2.45, 2.75) is 25.8 Å². The lowest BCUT2D eigenvalue weighted by molar-refractivity contribution is 0.434. The van der Waals surface area contributed by atoms with E-state index in [1.54, 1.807) is 19.4 Å². The van der Waals surface area contributed by atoms with Crippen molar-refractivity contribution in [1.29, 1.82) is 0 Å². The van der Waals surface area contributed by atoms with Crippen molar-refractivity contribution < 1.29 is 8.42 Å². The molecule has 1 unspecified atom stereocenters. The van der Waals surface area contributed by atoms with E-state index in [0.717, 1.165) is 13.0 Å². The van der Waals surface area contributed by atoms with Crippen LogP contribution in [-0.2, 0) is 10.2 Å². The monoisotopic (exact) mass is 289 g/mol. The Morgan fingerprint density at radius 3 is 2.79 bits per heavy atom. The number of nitrogens with one attached hydrogen (secondary N) is 3. The number of hydrogen-bond donors (Lipinski definition) is 3. The fourth-order valence-corrected chi connectivity index (χ4v) is 2.86. The fraction of sp³-hybridized carbons (Fsp3) is 0.727. The van der Waals surface area contributed by atoms with Gasteiger partial charge in [-0.25, -0.2) is 4.98 Å². The first-order valence-electron chi connectivity index (χ1n) is 6.38. The van der Waals surface area contributed by atoms with E-state index in [1.807, 2.05) is 14.0 Å². The van der Waals surface area contributed by atoms with Crippen molar-refractivity contribution in [2.24, 2.45) is 0 Å². The molecule has 0 amide bonds. The minimum Gasteiger partial charge on any atom is -0.347 e. The zero-order valence-corrected chi connectivity index (χ0v) is 12.5. The Balaban J connectivity index is 2.61. The summed E-state index contributed by atoms with van der Waals surface area (Å²) in [5.74, 6) is 0.634. The number of nitrogens with zero attached hydrogens (tertiary/aromatic N) is 2. The van der Waals surface area contributed by atoms with Gasteiger partial charge >= 0.3 is 0 Å². The minimum atomic E-state index is -3.48. The number of imidazole rings is 1. The first-order chi connectivity index (χ1) is 9.01. The smallest absolute Gasteiger partial charge is 0.279 e. The maximum absolute atomic E-state index is 12.1. The summed E-state index contributed by atoms with van der Waals surface area (Å²) in [5, 5.41) is 2.99. The van der Waals surface area contributed by atoms with Gasteiger partial charge in [0.2, 0.25) is 0 Å². The summed E-state index contributed by atoms with van der Waals surface area (Å²) in [6.07, 6.45) is 4.70. The molecule has 1 atom stereocenters. The van der Waals surface area contributed by atoms with Crippen LogP contribution in [0.4, 0.5) is 0 Å². The van der Waals surface area contributed by atoms with Gasteiger partial charge in [-0.2, -0.15) is 17.4 Å². The minimum absolute atomic E-state index is 0.327. The van der Waals surface area contributed by atoms with E-state index in [2.05, 4.69) is 20.0 Å². The van der Waals surface area contributed by atoms with E-state index in [1.165, 1.54) is 4.31 Å². The first-order valence-corrected chi connectivity index (χ1v) is 7.82. The molecule has 1 rings (SSSR count). The number of aromatic nitrogens is 2. The predicted molar refractivity (Wildman–Crippen MR) is 74.8 cm³/mol. The summed E-state index contributed by atoms with van der Waals surface area (Å²) in [6, 6.07) is -0.327. The van der Waals surface area contributed by atoms with Gasteiger partial charge in [-0.15, -0.1) is 0 Å². The Hall–Kier alpha value is -0.960. The van der Waals surface area contributed by atoms with Crippen molar-refractivity contribution in [3.8, 4) is 0 Å². The maximum Gasteiger partial charge on any atom is 0.279 e. The normalized spacial score (nSPS) is 13.9. The molecule has 1 aromatic rings. The molecule has 0 saturated heterocycles. The third-order valence-electron chi connectivity index (χ3n) is 2.86. The molecule has 0 aromatic carbocycles. The molecule has 0 spiro atoms. The Labute approximate surface area is 115 Å². The molecule has 0 aliphatic heterocycles. The lowest BCUT2D eigenvalue weighted by Gasteiger charge is -2.21. The second kappa shape index (κ2) is 7.59. The van der Waals surface area contributed by atoms with E-state index in [9.17, 15) is 8.42 Å². The number of rotatable bonds is 9. The molecule has 0 fully saturated rings. The van der Waals surface area contributed by atoms with Gasteiger partial charge in [-0.05, 0) is 26.4 Å². The molecule has 0 aliphatic carbocycles. The molecular weight excluding hydrogens is 266 g/mol. The molecule has 3 N–H and O–H groups in total. The molecule has 7 nitrogen and oxygen atoms in total. The van der Waals surface area contributed by atoms with Crippen LogP contribution in [0, 0.1) is 0 Å². The van der Waals surface area contributed by atoms with Gasteiger partial charge in [-0.3, -0.25) is 0 Å². The molecule has 0 aliphatic rings. The van der Waals surface area contributed by atoms with E-state index >= 15 is 0 Å². The molecule has 0 bridgehead atoms. The lowest BCUT2D eigenvalue weighted by Crippen LogP contribution is -2.41. The van der Waals surface area contributed by atoms with Crippen molar-refractivity contribution in [3.05, 3.63) is 18.2 Å². The molecule has 1 aromatic heterocycles. The van der Waals surface area contributed by atoms with Crippen LogP contribution in [0.2, 0.25) is 0 Å². The molecule has 0 saturated carbocycles. The zero-order valence-electron chi connectivity index (χ0n) is 11.7. The average Bonchev–Trinajstić information content (AvgIpc) is 2.90. The highest BCUT2D eigenvalue weighted by Gasteiger charge is 2.23. The van der Waals surface area contributed by atoms with Gasteiger partial charge in [0.25, 0.3) is 10.2 Å². The Bertz CT molecular complexity index is 446. The summed E-state index contributed by atoms with van der Waals surface area (Å²) in [5.41, 5.74) is 0. The zero-order chi connectivity index (χ0) is 14.3. The van der Waals surface area contributed by atoms with E-state index < -0.39 is 10.2 Å². The van der Waals surface area contributed by atoms with Crippen molar-refractivity contribution in [1.82, 2.24) is 24.3 Å². The second-order valence-corrected chi connectivity index (χ2v) is 6.15. The number of H-pyrrole nitrogens is 1. The van der Waals surface area contributed by atoms with E-state index in [-0.39, 0.29) is 6.04 Å². The van der Waals surface area contributed by atoms with Gasteiger partial charge < -0.3 is 10.3 Å². The fourth-order valence-electron chi connectivity index (χ4n) is 1.67. The highest BCUT2D eigenvalue weighted by Crippen LogP contribution is 2.13. The van der Waals surface area contributed by atoms with Crippen LogP contribution in [0.5, 0.6) is 0 Å². The summed E-state index contributed by atoms with van der Waals surface area (Å²) < 4.78 is 28.3. The van der Waals surface area contributed by atoms with Crippen molar-refractivity contribution in [3.63, 3.8) is 0 Å². The highest BCUT2D eigenvalue weighted by atomic mass is 32.2. The van der Waals surface area contributed by atoms with Crippen LogP contribution in [0.25, 0.3) is 0 Å². The van der Waals surface area contributed by atoms with Crippen molar-refractivity contribution >= 4 is 10.2 Å². The van der Waals surface area contributed by atoms with Crippen LogP contribution in [0.1, 0.15) is 31.6 Å².